The highest BCUT2D eigenvalue weighted by Gasteiger charge is 2.45. The van der Waals surface area contributed by atoms with Crippen LogP contribution in [0.1, 0.15) is 19.4 Å². The minimum Gasteiger partial charge on any atom is -0.497 e. The minimum atomic E-state index is -1.13. The van der Waals surface area contributed by atoms with E-state index in [0.29, 0.717) is 18.9 Å². The lowest BCUT2D eigenvalue weighted by atomic mass is 9.98. The van der Waals surface area contributed by atoms with Crippen LogP contribution in [0.3, 0.4) is 0 Å². The van der Waals surface area contributed by atoms with Crippen LogP contribution in [0.2, 0.25) is 0 Å². The predicted octanol–water partition coefficient (Wildman–Crippen LogP) is 2.05. The zero-order chi connectivity index (χ0) is 18.9. The maximum absolute atomic E-state index is 12.9. The number of hydrogen-bond acceptors (Lipinski definition) is 4. The van der Waals surface area contributed by atoms with E-state index in [1.807, 2.05) is 24.3 Å². The monoisotopic (exact) mass is 358 g/mol. The van der Waals surface area contributed by atoms with E-state index in [9.17, 15) is 14.7 Å². The van der Waals surface area contributed by atoms with Crippen molar-refractivity contribution in [3.63, 3.8) is 0 Å². The fourth-order valence-corrected chi connectivity index (χ4v) is 3.16. The SMILES string of the molecule is COc1ccc(Cn2nccc2N2CCN(C(=O)O)C(C)(C)C2=O)cc1. The summed E-state index contributed by atoms with van der Waals surface area (Å²) in [6, 6.07) is 9.40. The Kier molecular flexibility index (Phi) is 4.58. The maximum Gasteiger partial charge on any atom is 0.408 e. The summed E-state index contributed by atoms with van der Waals surface area (Å²) in [6.07, 6.45) is 0.553. The van der Waals surface area contributed by atoms with Gasteiger partial charge in [-0.25, -0.2) is 9.48 Å². The van der Waals surface area contributed by atoms with E-state index in [2.05, 4.69) is 5.10 Å². The molecule has 1 N–H and O–H groups in total. The average Bonchev–Trinajstić information content (AvgIpc) is 3.05. The van der Waals surface area contributed by atoms with Crippen LogP contribution in [0, 0.1) is 0 Å². The maximum atomic E-state index is 12.9. The standard InChI is InChI=1S/C18H22N4O4/c1-18(2)16(23)20(10-11-21(18)17(24)25)15-8-9-19-22(15)12-13-4-6-14(26-3)7-5-13/h4-9H,10-12H2,1-3H3,(H,24,25). The Morgan fingerprint density at radius 1 is 1.23 bits per heavy atom. The van der Waals surface area contributed by atoms with Crippen LogP contribution in [0.5, 0.6) is 5.75 Å². The van der Waals surface area contributed by atoms with Gasteiger partial charge >= 0.3 is 6.09 Å². The number of benzene rings is 1. The summed E-state index contributed by atoms with van der Waals surface area (Å²) in [7, 11) is 1.62. The molecule has 1 aliphatic rings. The van der Waals surface area contributed by atoms with Crippen molar-refractivity contribution in [3.8, 4) is 5.75 Å². The molecule has 26 heavy (non-hydrogen) atoms. The van der Waals surface area contributed by atoms with Gasteiger partial charge in [0.15, 0.2) is 0 Å². The van der Waals surface area contributed by atoms with Gasteiger partial charge in [-0.1, -0.05) is 12.1 Å². The first kappa shape index (κ1) is 17.8. The van der Waals surface area contributed by atoms with Gasteiger partial charge in [-0.15, -0.1) is 0 Å². The molecule has 0 unspecified atom stereocenters. The highest BCUT2D eigenvalue weighted by atomic mass is 16.5. The topological polar surface area (TPSA) is 87.9 Å². The number of nitrogens with zero attached hydrogens (tertiary/aromatic N) is 4. The first-order chi connectivity index (χ1) is 12.3. The summed E-state index contributed by atoms with van der Waals surface area (Å²) >= 11 is 0. The van der Waals surface area contributed by atoms with E-state index in [1.165, 1.54) is 4.90 Å². The molecule has 3 rings (SSSR count). The van der Waals surface area contributed by atoms with E-state index < -0.39 is 11.6 Å². The van der Waals surface area contributed by atoms with Crippen molar-refractivity contribution in [2.45, 2.75) is 25.9 Å². The van der Waals surface area contributed by atoms with Gasteiger partial charge in [-0.3, -0.25) is 14.6 Å². The van der Waals surface area contributed by atoms with Gasteiger partial charge in [0.1, 0.15) is 17.1 Å². The van der Waals surface area contributed by atoms with Crippen LogP contribution in [-0.4, -0.2) is 57.5 Å². The molecule has 0 atom stereocenters. The minimum absolute atomic E-state index is 0.252. The van der Waals surface area contributed by atoms with Gasteiger partial charge in [0.2, 0.25) is 0 Å². The Labute approximate surface area is 151 Å². The van der Waals surface area contributed by atoms with E-state index in [0.717, 1.165) is 11.3 Å². The molecule has 0 bridgehead atoms. The van der Waals surface area contributed by atoms with Crippen LogP contribution < -0.4 is 9.64 Å². The summed E-state index contributed by atoms with van der Waals surface area (Å²) in [6.45, 7) is 4.30. The van der Waals surface area contributed by atoms with Gasteiger partial charge in [-0.2, -0.15) is 5.10 Å². The van der Waals surface area contributed by atoms with Crippen LogP contribution in [0.4, 0.5) is 10.6 Å². The van der Waals surface area contributed by atoms with Crippen molar-refractivity contribution in [1.82, 2.24) is 14.7 Å². The number of amides is 2. The summed E-state index contributed by atoms with van der Waals surface area (Å²) in [5.74, 6) is 1.17. The fraction of sp³-hybridized carbons (Fsp3) is 0.389. The van der Waals surface area contributed by atoms with Gasteiger partial charge in [0.25, 0.3) is 5.91 Å². The molecule has 1 saturated heterocycles. The number of piperazine rings is 1. The average molecular weight is 358 g/mol. The second kappa shape index (κ2) is 6.70. The molecule has 0 spiro atoms. The molecule has 1 aliphatic heterocycles. The number of carbonyl (C=O) groups is 2. The van der Waals surface area contributed by atoms with Gasteiger partial charge in [-0.05, 0) is 31.5 Å². The Morgan fingerprint density at radius 3 is 2.54 bits per heavy atom. The Balaban J connectivity index is 1.84. The number of methoxy groups -OCH3 is 1. The number of carbonyl (C=O) groups excluding carboxylic acids is 1. The van der Waals surface area contributed by atoms with Crippen LogP contribution in [0.15, 0.2) is 36.5 Å². The zero-order valence-corrected chi connectivity index (χ0v) is 15.0. The lowest BCUT2D eigenvalue weighted by Gasteiger charge is -2.44. The number of hydrogen-bond donors (Lipinski definition) is 1. The molecular weight excluding hydrogens is 336 g/mol. The lowest BCUT2D eigenvalue weighted by molar-refractivity contribution is -0.130. The molecule has 1 aromatic carbocycles. The van der Waals surface area contributed by atoms with E-state index >= 15 is 0 Å². The molecule has 138 valence electrons. The zero-order valence-electron chi connectivity index (χ0n) is 15.0. The summed E-state index contributed by atoms with van der Waals surface area (Å²) in [4.78, 5) is 27.1. The van der Waals surface area contributed by atoms with Crippen LogP contribution in [-0.2, 0) is 11.3 Å². The predicted molar refractivity (Wildman–Crippen MR) is 95.5 cm³/mol. The Hall–Kier alpha value is -3.03. The second-order valence-corrected chi connectivity index (χ2v) is 6.65. The molecule has 8 heteroatoms. The largest absolute Gasteiger partial charge is 0.497 e. The molecule has 2 amide bonds. The molecule has 1 fully saturated rings. The quantitative estimate of drug-likeness (QED) is 0.904. The van der Waals surface area contributed by atoms with E-state index in [-0.39, 0.29) is 12.5 Å². The third-order valence-corrected chi connectivity index (χ3v) is 4.68. The van der Waals surface area contributed by atoms with E-state index in [4.69, 9.17) is 4.74 Å². The number of ether oxygens (including phenoxy) is 1. The van der Waals surface area contributed by atoms with Crippen molar-refractivity contribution >= 4 is 17.8 Å². The van der Waals surface area contributed by atoms with Crippen molar-refractivity contribution < 1.29 is 19.4 Å². The Bertz CT molecular complexity index is 813. The first-order valence-electron chi connectivity index (χ1n) is 8.32. The highest BCUT2D eigenvalue weighted by Crippen LogP contribution is 2.27. The molecule has 0 aliphatic carbocycles. The normalized spacial score (nSPS) is 16.7. The molecule has 2 heterocycles. The molecule has 0 radical (unpaired) electrons. The summed E-state index contributed by atoms with van der Waals surface area (Å²) in [5.41, 5.74) is -0.106. The van der Waals surface area contributed by atoms with Crippen LogP contribution in [0.25, 0.3) is 0 Å². The van der Waals surface area contributed by atoms with Crippen molar-refractivity contribution in [2.75, 3.05) is 25.1 Å². The third-order valence-electron chi connectivity index (χ3n) is 4.68. The molecular formula is C18H22N4O4. The van der Waals surface area contributed by atoms with Gasteiger partial charge in [0.05, 0.1) is 19.9 Å². The molecule has 0 saturated carbocycles. The number of anilines is 1. The molecule has 2 aromatic rings. The third kappa shape index (κ3) is 3.10. The lowest BCUT2D eigenvalue weighted by Crippen LogP contribution is -2.64. The van der Waals surface area contributed by atoms with Gasteiger partial charge < -0.3 is 9.84 Å². The number of carboxylic acid groups (broad SMARTS) is 1. The molecule has 8 nitrogen and oxygen atoms in total. The summed E-state index contributed by atoms with van der Waals surface area (Å²) in [5, 5.41) is 13.7. The first-order valence-corrected chi connectivity index (χ1v) is 8.32. The Morgan fingerprint density at radius 2 is 1.92 bits per heavy atom. The number of aromatic nitrogens is 2. The second-order valence-electron chi connectivity index (χ2n) is 6.65. The molecule has 1 aromatic heterocycles. The van der Waals surface area contributed by atoms with Crippen molar-refractivity contribution in [1.29, 1.82) is 0 Å². The van der Waals surface area contributed by atoms with E-state index in [1.54, 1.807) is 42.8 Å². The van der Waals surface area contributed by atoms with Crippen molar-refractivity contribution in [2.24, 2.45) is 0 Å². The fourth-order valence-electron chi connectivity index (χ4n) is 3.16. The number of rotatable bonds is 4. The highest BCUT2D eigenvalue weighted by molar-refractivity contribution is 6.01. The van der Waals surface area contributed by atoms with Gasteiger partial charge in [0, 0.05) is 19.2 Å². The summed E-state index contributed by atoms with van der Waals surface area (Å²) < 4.78 is 6.90. The van der Waals surface area contributed by atoms with Crippen LogP contribution >= 0.6 is 0 Å². The smallest absolute Gasteiger partial charge is 0.408 e. The van der Waals surface area contributed by atoms with Crippen molar-refractivity contribution in [3.05, 3.63) is 42.1 Å².